The summed E-state index contributed by atoms with van der Waals surface area (Å²) >= 11 is 0. The fourth-order valence-electron chi connectivity index (χ4n) is 4.96. The van der Waals surface area contributed by atoms with E-state index in [0.29, 0.717) is 12.0 Å². The number of benzene rings is 2. The van der Waals surface area contributed by atoms with Crippen molar-refractivity contribution in [3.05, 3.63) is 65.5 Å². The summed E-state index contributed by atoms with van der Waals surface area (Å²) in [5.74, 6) is 0.366. The van der Waals surface area contributed by atoms with Crippen LogP contribution in [0.25, 0.3) is 0 Å². The van der Waals surface area contributed by atoms with E-state index < -0.39 is 0 Å². The first kappa shape index (κ1) is 18.0. The Kier molecular flexibility index (Phi) is 4.45. The van der Waals surface area contributed by atoms with Crippen LogP contribution in [-0.2, 0) is 0 Å². The van der Waals surface area contributed by atoms with Crippen molar-refractivity contribution in [2.45, 2.75) is 45.2 Å². The van der Waals surface area contributed by atoms with Crippen LogP contribution in [0, 0.1) is 18.7 Å². The van der Waals surface area contributed by atoms with Crippen molar-refractivity contribution in [3.8, 4) is 0 Å². The molecule has 4 heteroatoms. The highest BCUT2D eigenvalue weighted by molar-refractivity contribution is 5.94. The molecule has 2 aromatic carbocycles. The third-order valence-corrected chi connectivity index (χ3v) is 6.13. The Morgan fingerprint density at radius 2 is 1.74 bits per heavy atom. The Morgan fingerprint density at radius 3 is 2.41 bits per heavy atom. The molecule has 3 nitrogen and oxygen atoms in total. The van der Waals surface area contributed by atoms with Crippen LogP contribution in [-0.4, -0.2) is 35.5 Å². The molecule has 1 amide bonds. The number of rotatable bonds is 2. The zero-order valence-electron chi connectivity index (χ0n) is 16.3. The lowest BCUT2D eigenvalue weighted by Crippen LogP contribution is -2.50. The molecule has 2 atom stereocenters. The summed E-state index contributed by atoms with van der Waals surface area (Å²) in [5, 5.41) is 0. The predicted octanol–water partition coefficient (Wildman–Crippen LogP) is 4.65. The molecular formula is C23H27FN2O. The number of halogens is 1. The van der Waals surface area contributed by atoms with Gasteiger partial charge in [0.05, 0.1) is 0 Å². The van der Waals surface area contributed by atoms with E-state index in [2.05, 4.69) is 18.7 Å². The largest absolute Gasteiger partial charge is 0.363 e. The molecule has 0 spiro atoms. The van der Waals surface area contributed by atoms with Gasteiger partial charge in [-0.05, 0) is 75.9 Å². The second-order valence-corrected chi connectivity index (χ2v) is 8.60. The maximum Gasteiger partial charge on any atom is 0.253 e. The van der Waals surface area contributed by atoms with Crippen molar-refractivity contribution in [3.63, 3.8) is 0 Å². The Bertz CT molecular complexity index is 828. The summed E-state index contributed by atoms with van der Waals surface area (Å²) in [6, 6.07) is 15.1. The minimum atomic E-state index is -0.203. The van der Waals surface area contributed by atoms with Gasteiger partial charge in [0.25, 0.3) is 5.91 Å². The number of aryl methyl sites for hydroxylation is 1. The molecule has 4 rings (SSSR count). The Morgan fingerprint density at radius 1 is 1.07 bits per heavy atom. The third kappa shape index (κ3) is 3.33. The van der Waals surface area contributed by atoms with E-state index in [1.807, 2.05) is 48.2 Å². The van der Waals surface area contributed by atoms with Crippen molar-refractivity contribution in [2.75, 3.05) is 18.0 Å². The number of piperidine rings is 1. The van der Waals surface area contributed by atoms with E-state index in [4.69, 9.17) is 0 Å². The second-order valence-electron chi connectivity index (χ2n) is 8.60. The van der Waals surface area contributed by atoms with Gasteiger partial charge in [-0.2, -0.15) is 0 Å². The number of anilines is 1. The van der Waals surface area contributed by atoms with E-state index in [1.165, 1.54) is 12.1 Å². The number of fused-ring (bicyclic) bond motifs is 1. The average Bonchev–Trinajstić information content (AvgIpc) is 2.91. The summed E-state index contributed by atoms with van der Waals surface area (Å²) in [4.78, 5) is 17.4. The van der Waals surface area contributed by atoms with E-state index in [1.54, 1.807) is 0 Å². The predicted molar refractivity (Wildman–Crippen MR) is 107 cm³/mol. The van der Waals surface area contributed by atoms with Crippen LogP contribution in [0.5, 0.6) is 0 Å². The Labute approximate surface area is 160 Å². The van der Waals surface area contributed by atoms with Crippen molar-refractivity contribution < 1.29 is 9.18 Å². The molecule has 142 valence electrons. The molecule has 0 bridgehead atoms. The zero-order chi connectivity index (χ0) is 19.2. The molecule has 2 aromatic rings. The van der Waals surface area contributed by atoms with Crippen LogP contribution in [0.3, 0.4) is 0 Å². The van der Waals surface area contributed by atoms with Crippen LogP contribution >= 0.6 is 0 Å². The average molecular weight is 366 g/mol. The Balaban J connectivity index is 1.53. The molecule has 2 heterocycles. The smallest absolute Gasteiger partial charge is 0.253 e. The topological polar surface area (TPSA) is 23.6 Å². The van der Waals surface area contributed by atoms with Crippen LogP contribution in [0.2, 0.25) is 0 Å². The summed E-state index contributed by atoms with van der Waals surface area (Å²) in [6.07, 6.45) is 1.98. The molecule has 0 radical (unpaired) electrons. The highest BCUT2D eigenvalue weighted by atomic mass is 19.1. The van der Waals surface area contributed by atoms with Crippen molar-refractivity contribution >= 4 is 11.6 Å². The highest BCUT2D eigenvalue weighted by Crippen LogP contribution is 2.44. The molecule has 0 N–H and O–H groups in total. The first-order valence-corrected chi connectivity index (χ1v) is 9.76. The molecule has 27 heavy (non-hydrogen) atoms. The molecular weight excluding hydrogens is 339 g/mol. The molecule has 2 fully saturated rings. The van der Waals surface area contributed by atoms with Crippen LogP contribution in [0.15, 0.2) is 48.5 Å². The normalized spacial score (nSPS) is 24.0. The van der Waals surface area contributed by atoms with Crippen LogP contribution in [0.1, 0.15) is 42.6 Å². The fraction of sp³-hybridized carbons (Fsp3) is 0.435. The number of hydrogen-bond donors (Lipinski definition) is 0. The van der Waals surface area contributed by atoms with Crippen molar-refractivity contribution in [1.29, 1.82) is 0 Å². The van der Waals surface area contributed by atoms with E-state index in [-0.39, 0.29) is 17.3 Å². The lowest BCUT2D eigenvalue weighted by molar-refractivity contribution is 0.0667. The zero-order valence-corrected chi connectivity index (χ0v) is 16.3. The SMILES string of the molecule is Cc1ccc(C(=O)N2CC[C@H]3[C@@H](C2)CC(C)(C)N3c2ccc(F)cc2)cc1. The number of carbonyl (C=O) groups excluding carboxylic acids is 1. The van der Waals surface area contributed by atoms with Gasteiger partial charge in [0, 0.05) is 35.9 Å². The Hall–Kier alpha value is -2.36. The monoisotopic (exact) mass is 366 g/mol. The van der Waals surface area contributed by atoms with Crippen molar-refractivity contribution in [2.24, 2.45) is 5.92 Å². The summed E-state index contributed by atoms with van der Waals surface area (Å²) in [5.41, 5.74) is 3.01. The van der Waals surface area contributed by atoms with Crippen LogP contribution < -0.4 is 4.90 Å². The number of nitrogens with zero attached hydrogens (tertiary/aromatic N) is 2. The first-order valence-electron chi connectivity index (χ1n) is 9.76. The summed E-state index contributed by atoms with van der Waals surface area (Å²) in [7, 11) is 0. The molecule has 2 aliphatic heterocycles. The second kappa shape index (κ2) is 6.66. The summed E-state index contributed by atoms with van der Waals surface area (Å²) in [6.45, 7) is 8.09. The van der Waals surface area contributed by atoms with Crippen molar-refractivity contribution in [1.82, 2.24) is 4.90 Å². The van der Waals surface area contributed by atoms with Gasteiger partial charge in [0.15, 0.2) is 0 Å². The van der Waals surface area contributed by atoms with Gasteiger partial charge in [0.2, 0.25) is 0 Å². The number of amides is 1. The number of carbonyl (C=O) groups is 1. The summed E-state index contributed by atoms with van der Waals surface area (Å²) < 4.78 is 13.4. The van der Waals surface area contributed by atoms with Gasteiger partial charge in [-0.1, -0.05) is 17.7 Å². The maximum absolute atomic E-state index is 13.4. The lowest BCUT2D eigenvalue weighted by atomic mass is 9.89. The van der Waals surface area contributed by atoms with E-state index >= 15 is 0 Å². The van der Waals surface area contributed by atoms with Gasteiger partial charge >= 0.3 is 0 Å². The van der Waals surface area contributed by atoms with Gasteiger partial charge in [-0.25, -0.2) is 4.39 Å². The van der Waals surface area contributed by atoms with E-state index in [0.717, 1.165) is 42.7 Å². The lowest BCUT2D eigenvalue weighted by Gasteiger charge is -2.42. The van der Waals surface area contributed by atoms with Crippen LogP contribution in [0.4, 0.5) is 10.1 Å². The van der Waals surface area contributed by atoms with Gasteiger partial charge in [-0.3, -0.25) is 4.79 Å². The maximum atomic E-state index is 13.4. The van der Waals surface area contributed by atoms with Gasteiger partial charge in [-0.15, -0.1) is 0 Å². The highest BCUT2D eigenvalue weighted by Gasteiger charge is 2.48. The van der Waals surface area contributed by atoms with E-state index in [9.17, 15) is 9.18 Å². The number of hydrogen-bond acceptors (Lipinski definition) is 2. The third-order valence-electron chi connectivity index (χ3n) is 6.13. The molecule has 2 aliphatic rings. The molecule has 0 aromatic heterocycles. The first-order chi connectivity index (χ1) is 12.8. The van der Waals surface area contributed by atoms with Gasteiger partial charge < -0.3 is 9.80 Å². The molecule has 0 aliphatic carbocycles. The standard InChI is InChI=1S/C23H27FN2O/c1-16-4-6-17(7-5-16)22(27)25-13-12-21-18(15-25)14-23(2,3)26(21)20-10-8-19(24)9-11-20/h4-11,18,21H,12-15H2,1-3H3/t18-,21+/m1/s1. The minimum Gasteiger partial charge on any atom is -0.363 e. The van der Waals surface area contributed by atoms with Gasteiger partial charge in [0.1, 0.15) is 5.82 Å². The molecule has 2 saturated heterocycles. The molecule has 0 unspecified atom stereocenters. The number of likely N-dealkylation sites (tertiary alicyclic amines) is 1. The quantitative estimate of drug-likeness (QED) is 0.772. The molecule has 0 saturated carbocycles. The minimum absolute atomic E-state index is 0.00389. The fourth-order valence-corrected chi connectivity index (χ4v) is 4.96.